The molecule has 30 heavy (non-hydrogen) atoms. The van der Waals surface area contributed by atoms with Crippen LogP contribution in [0.25, 0.3) is 0 Å². The normalized spacial score (nSPS) is 10.8. The number of benzene rings is 3. The van der Waals surface area contributed by atoms with Gasteiger partial charge in [-0.1, -0.05) is 95.2 Å². The number of anilines is 2. The van der Waals surface area contributed by atoms with Crippen molar-refractivity contribution in [2.75, 3.05) is 10.6 Å². The number of aromatic nitrogens is 2. The third-order valence-corrected chi connectivity index (χ3v) is 5.99. The van der Waals surface area contributed by atoms with Crippen LogP contribution in [-0.4, -0.2) is 16.2 Å². The van der Waals surface area contributed by atoms with Crippen LogP contribution in [-0.2, 0) is 0 Å². The average molecular weight is 455 g/mol. The number of carbonyl (C=O) groups excluding carboxylic acids is 1. The summed E-state index contributed by atoms with van der Waals surface area (Å²) in [5.74, 6) is -0.0708. The lowest BCUT2D eigenvalue weighted by atomic mass is 9.92. The quantitative estimate of drug-likeness (QED) is 0.353. The molecular formula is C22H16Cl2N4OS. The summed E-state index contributed by atoms with van der Waals surface area (Å²) in [7, 11) is 0. The van der Waals surface area contributed by atoms with E-state index in [1.54, 1.807) is 18.2 Å². The van der Waals surface area contributed by atoms with E-state index in [0.717, 1.165) is 16.1 Å². The Hall–Kier alpha value is -2.93. The minimum atomic E-state index is -0.438. The Morgan fingerprint density at radius 2 is 1.43 bits per heavy atom. The number of nitrogens with zero attached hydrogens (tertiary/aromatic N) is 2. The molecule has 0 saturated heterocycles. The van der Waals surface area contributed by atoms with Crippen LogP contribution in [0.1, 0.15) is 22.1 Å². The SMILES string of the molecule is O=C(Nc1ccc(Cl)c(Cl)c1)Nc1nnc(C(c2ccccc2)c2ccccc2)s1. The van der Waals surface area contributed by atoms with Gasteiger partial charge in [0.25, 0.3) is 0 Å². The van der Waals surface area contributed by atoms with E-state index in [9.17, 15) is 4.79 Å². The van der Waals surface area contributed by atoms with Gasteiger partial charge in [-0.3, -0.25) is 5.32 Å². The molecule has 1 aromatic heterocycles. The van der Waals surface area contributed by atoms with Crippen molar-refractivity contribution in [2.45, 2.75) is 5.92 Å². The van der Waals surface area contributed by atoms with Crippen molar-refractivity contribution in [3.05, 3.63) is 105 Å². The van der Waals surface area contributed by atoms with Crippen LogP contribution in [0.15, 0.2) is 78.9 Å². The fourth-order valence-corrected chi connectivity index (χ4v) is 4.20. The maximum absolute atomic E-state index is 12.3. The molecule has 0 aliphatic heterocycles. The molecule has 5 nitrogen and oxygen atoms in total. The molecule has 2 amide bonds. The number of halogens is 2. The smallest absolute Gasteiger partial charge is 0.308 e. The summed E-state index contributed by atoms with van der Waals surface area (Å²) in [6, 6.07) is 24.6. The minimum Gasteiger partial charge on any atom is -0.308 e. The summed E-state index contributed by atoms with van der Waals surface area (Å²) in [6.07, 6.45) is 0. The molecular weight excluding hydrogens is 439 g/mol. The number of urea groups is 1. The van der Waals surface area contributed by atoms with Gasteiger partial charge in [-0.15, -0.1) is 10.2 Å². The van der Waals surface area contributed by atoms with Crippen LogP contribution in [0, 0.1) is 0 Å². The molecule has 150 valence electrons. The highest BCUT2D eigenvalue weighted by atomic mass is 35.5. The molecule has 0 atom stereocenters. The lowest BCUT2D eigenvalue weighted by molar-refractivity contribution is 0.262. The van der Waals surface area contributed by atoms with Crippen molar-refractivity contribution in [3.63, 3.8) is 0 Å². The summed E-state index contributed by atoms with van der Waals surface area (Å²) in [5, 5.41) is 15.9. The molecule has 3 aromatic carbocycles. The van der Waals surface area contributed by atoms with Gasteiger partial charge in [-0.2, -0.15) is 0 Å². The van der Waals surface area contributed by atoms with Crippen LogP contribution >= 0.6 is 34.5 Å². The zero-order valence-electron chi connectivity index (χ0n) is 15.5. The Bertz CT molecular complexity index is 1110. The van der Waals surface area contributed by atoms with E-state index in [1.165, 1.54) is 11.3 Å². The van der Waals surface area contributed by atoms with Gasteiger partial charge in [-0.25, -0.2) is 4.79 Å². The zero-order chi connectivity index (χ0) is 20.9. The highest BCUT2D eigenvalue weighted by molar-refractivity contribution is 7.15. The number of carbonyl (C=O) groups is 1. The molecule has 8 heteroatoms. The van der Waals surface area contributed by atoms with Crippen LogP contribution in [0.3, 0.4) is 0 Å². The summed E-state index contributed by atoms with van der Waals surface area (Å²) < 4.78 is 0. The van der Waals surface area contributed by atoms with Crippen molar-refractivity contribution in [1.29, 1.82) is 0 Å². The molecule has 0 fully saturated rings. The Morgan fingerprint density at radius 1 is 0.800 bits per heavy atom. The molecule has 0 radical (unpaired) electrons. The fourth-order valence-electron chi connectivity index (χ4n) is 3.00. The lowest BCUT2D eigenvalue weighted by Crippen LogP contribution is -2.19. The third kappa shape index (κ3) is 4.79. The Morgan fingerprint density at radius 3 is 2.03 bits per heavy atom. The van der Waals surface area contributed by atoms with Gasteiger partial charge in [0.05, 0.1) is 16.0 Å². The molecule has 0 bridgehead atoms. The van der Waals surface area contributed by atoms with Crippen LogP contribution in [0.5, 0.6) is 0 Å². The number of hydrogen-bond donors (Lipinski definition) is 2. The largest absolute Gasteiger partial charge is 0.325 e. The standard InChI is InChI=1S/C22H16Cl2N4OS/c23-17-12-11-16(13-18(17)24)25-21(29)26-22-28-27-20(30-22)19(14-7-3-1-4-8-14)15-9-5-2-6-10-15/h1-13,19H,(H2,25,26,28,29). The van der Waals surface area contributed by atoms with E-state index in [2.05, 4.69) is 45.1 Å². The topological polar surface area (TPSA) is 66.9 Å². The van der Waals surface area contributed by atoms with E-state index >= 15 is 0 Å². The maximum Gasteiger partial charge on any atom is 0.325 e. The predicted molar refractivity (Wildman–Crippen MR) is 123 cm³/mol. The van der Waals surface area contributed by atoms with E-state index in [4.69, 9.17) is 23.2 Å². The minimum absolute atomic E-state index is 0.0708. The van der Waals surface area contributed by atoms with E-state index in [0.29, 0.717) is 20.9 Å². The van der Waals surface area contributed by atoms with Gasteiger partial charge in [0.2, 0.25) is 5.13 Å². The molecule has 4 rings (SSSR count). The maximum atomic E-state index is 12.3. The van der Waals surface area contributed by atoms with Gasteiger partial charge >= 0.3 is 6.03 Å². The second kappa shape index (κ2) is 9.26. The highest BCUT2D eigenvalue weighted by Crippen LogP contribution is 2.34. The average Bonchev–Trinajstić information content (AvgIpc) is 3.20. The third-order valence-electron chi connectivity index (χ3n) is 4.35. The predicted octanol–water partition coefficient (Wildman–Crippen LogP) is 6.67. The number of rotatable bonds is 5. The molecule has 0 saturated carbocycles. The Balaban J connectivity index is 1.54. The first-order chi connectivity index (χ1) is 14.6. The van der Waals surface area contributed by atoms with Crippen molar-refractivity contribution >= 4 is 51.4 Å². The first-order valence-corrected chi connectivity index (χ1v) is 10.6. The van der Waals surface area contributed by atoms with Crippen LogP contribution in [0.2, 0.25) is 10.0 Å². The number of hydrogen-bond acceptors (Lipinski definition) is 4. The van der Waals surface area contributed by atoms with Crippen molar-refractivity contribution in [3.8, 4) is 0 Å². The first-order valence-electron chi connectivity index (χ1n) is 9.06. The molecule has 0 aliphatic carbocycles. The van der Waals surface area contributed by atoms with Crippen LogP contribution in [0.4, 0.5) is 15.6 Å². The molecule has 4 aromatic rings. The first kappa shape index (κ1) is 20.3. The van der Waals surface area contributed by atoms with Crippen molar-refractivity contribution < 1.29 is 4.79 Å². The highest BCUT2D eigenvalue weighted by Gasteiger charge is 2.21. The van der Waals surface area contributed by atoms with E-state index in [-0.39, 0.29) is 5.92 Å². The molecule has 0 aliphatic rings. The summed E-state index contributed by atoms with van der Waals surface area (Å²) in [6.45, 7) is 0. The Labute approximate surface area is 187 Å². The fraction of sp³-hybridized carbons (Fsp3) is 0.0455. The molecule has 0 unspecified atom stereocenters. The van der Waals surface area contributed by atoms with Gasteiger partial charge in [0.15, 0.2) is 0 Å². The van der Waals surface area contributed by atoms with Crippen molar-refractivity contribution in [1.82, 2.24) is 10.2 Å². The monoisotopic (exact) mass is 454 g/mol. The summed E-state index contributed by atoms with van der Waals surface area (Å²) >= 11 is 13.2. The van der Waals surface area contributed by atoms with Gasteiger partial charge < -0.3 is 5.32 Å². The second-order valence-corrected chi connectivity index (χ2v) is 8.23. The second-order valence-electron chi connectivity index (χ2n) is 6.41. The van der Waals surface area contributed by atoms with E-state index < -0.39 is 6.03 Å². The van der Waals surface area contributed by atoms with Gasteiger partial charge in [-0.05, 0) is 29.3 Å². The molecule has 0 spiro atoms. The zero-order valence-corrected chi connectivity index (χ0v) is 17.9. The number of nitrogens with one attached hydrogen (secondary N) is 2. The lowest BCUT2D eigenvalue weighted by Gasteiger charge is -2.14. The van der Waals surface area contributed by atoms with Gasteiger partial charge in [0.1, 0.15) is 5.01 Å². The Kier molecular flexibility index (Phi) is 6.28. The van der Waals surface area contributed by atoms with Crippen molar-refractivity contribution in [2.24, 2.45) is 0 Å². The molecule has 1 heterocycles. The molecule has 2 N–H and O–H groups in total. The van der Waals surface area contributed by atoms with Gasteiger partial charge in [0, 0.05) is 5.69 Å². The summed E-state index contributed by atoms with van der Waals surface area (Å²) in [4.78, 5) is 12.3. The number of amides is 2. The summed E-state index contributed by atoms with van der Waals surface area (Å²) in [5.41, 5.74) is 2.73. The van der Waals surface area contributed by atoms with Crippen LogP contribution < -0.4 is 10.6 Å². The van der Waals surface area contributed by atoms with E-state index in [1.807, 2.05) is 36.4 Å².